The molecule has 0 saturated carbocycles. The van der Waals surface area contributed by atoms with Crippen molar-refractivity contribution in [1.29, 1.82) is 0 Å². The zero-order valence-corrected chi connectivity index (χ0v) is 5.47. The fourth-order valence-corrected chi connectivity index (χ4v) is 0.352. The van der Waals surface area contributed by atoms with Gasteiger partial charge in [0.1, 0.15) is 5.84 Å². The molecule has 0 heterocycles. The van der Waals surface area contributed by atoms with E-state index in [4.69, 9.17) is 5.84 Å². The highest BCUT2D eigenvalue weighted by Gasteiger charge is 1.86. The van der Waals surface area contributed by atoms with E-state index in [1.54, 1.807) is 11.9 Å². The number of nitrogens with zero attached hydrogens (tertiary/aromatic N) is 2. The van der Waals surface area contributed by atoms with Crippen molar-refractivity contribution >= 4 is 5.84 Å². The zero-order chi connectivity index (χ0) is 6.57. The Bertz CT molecular complexity index is 86.0. The summed E-state index contributed by atoms with van der Waals surface area (Å²) in [6.07, 6.45) is 0. The Morgan fingerprint density at radius 2 is 2.12 bits per heavy atom. The lowest BCUT2D eigenvalue weighted by Gasteiger charge is -2.10. The van der Waals surface area contributed by atoms with Gasteiger partial charge < -0.3 is 11.3 Å². The summed E-state index contributed by atoms with van der Waals surface area (Å²) in [6, 6.07) is 0. The van der Waals surface area contributed by atoms with Gasteiger partial charge in [-0.05, 0) is 6.92 Å². The molecule has 0 aliphatic rings. The van der Waals surface area contributed by atoms with E-state index >= 15 is 0 Å². The van der Waals surface area contributed by atoms with Gasteiger partial charge in [-0.15, -0.1) is 0 Å². The van der Waals surface area contributed by atoms with Gasteiger partial charge in [-0.25, -0.2) is 5.01 Å². The van der Waals surface area contributed by atoms with Crippen molar-refractivity contribution < 1.29 is 0 Å². The van der Waals surface area contributed by atoms with Gasteiger partial charge in [0, 0.05) is 14.1 Å². The summed E-state index contributed by atoms with van der Waals surface area (Å²) in [5.74, 6) is 5.62. The van der Waals surface area contributed by atoms with Crippen molar-refractivity contribution in [3.63, 3.8) is 0 Å². The fraction of sp³-hybridized carbons (Fsp3) is 0.750. The van der Waals surface area contributed by atoms with Crippen LogP contribution in [0, 0.1) is 0 Å². The van der Waals surface area contributed by atoms with Crippen LogP contribution in [0.4, 0.5) is 0 Å². The Kier molecular flexibility index (Phi) is 2.95. The molecular formula is C4H12N4. The maximum atomic E-state index is 4.92. The molecule has 0 aromatic rings. The predicted molar refractivity (Wildman–Crippen MR) is 34.1 cm³/mol. The summed E-state index contributed by atoms with van der Waals surface area (Å²) in [4.78, 5) is 0. The van der Waals surface area contributed by atoms with E-state index in [2.05, 4.69) is 10.5 Å². The average Bonchev–Trinajstić information content (AvgIpc) is 1.65. The van der Waals surface area contributed by atoms with E-state index < -0.39 is 0 Å². The molecule has 48 valence electrons. The molecule has 0 atom stereocenters. The van der Waals surface area contributed by atoms with Gasteiger partial charge in [0.15, 0.2) is 0 Å². The van der Waals surface area contributed by atoms with Crippen LogP contribution in [0.5, 0.6) is 0 Å². The monoisotopic (exact) mass is 116 g/mol. The van der Waals surface area contributed by atoms with E-state index in [1.807, 2.05) is 14.1 Å². The molecule has 0 aromatic carbocycles. The minimum Gasteiger partial charge on any atom is -0.322 e. The van der Waals surface area contributed by atoms with Gasteiger partial charge in [-0.1, -0.05) is 0 Å². The van der Waals surface area contributed by atoms with Crippen molar-refractivity contribution in [1.82, 2.24) is 10.4 Å². The molecule has 3 N–H and O–H groups in total. The van der Waals surface area contributed by atoms with Crippen LogP contribution in [0.15, 0.2) is 5.10 Å². The Morgan fingerprint density at radius 3 is 2.25 bits per heavy atom. The largest absolute Gasteiger partial charge is 0.322 e. The van der Waals surface area contributed by atoms with Crippen LogP contribution < -0.4 is 11.3 Å². The lowest BCUT2D eigenvalue weighted by atomic mass is 10.7. The van der Waals surface area contributed by atoms with E-state index in [0.717, 1.165) is 0 Å². The van der Waals surface area contributed by atoms with Crippen molar-refractivity contribution in [3.8, 4) is 0 Å². The molecule has 0 fully saturated rings. The number of nitrogens with two attached hydrogens (primary N) is 1. The van der Waals surface area contributed by atoms with Crippen LogP contribution in [-0.4, -0.2) is 24.9 Å². The van der Waals surface area contributed by atoms with Gasteiger partial charge in [0.25, 0.3) is 0 Å². The van der Waals surface area contributed by atoms with Crippen LogP contribution in [0.25, 0.3) is 0 Å². The number of hydrazone groups is 1. The second kappa shape index (κ2) is 3.26. The summed E-state index contributed by atoms with van der Waals surface area (Å²) < 4.78 is 0. The maximum absolute atomic E-state index is 4.92. The summed E-state index contributed by atoms with van der Waals surface area (Å²) >= 11 is 0. The minimum absolute atomic E-state index is 0.704. The smallest absolute Gasteiger partial charge is 0.133 e. The SMILES string of the molecule is C/C(=N/N)NN(C)C. The van der Waals surface area contributed by atoms with E-state index in [9.17, 15) is 0 Å². The first-order valence-corrected chi connectivity index (χ1v) is 2.35. The normalized spacial score (nSPS) is 12.2. The maximum Gasteiger partial charge on any atom is 0.133 e. The van der Waals surface area contributed by atoms with Crippen LogP contribution >= 0.6 is 0 Å². The molecule has 0 saturated heterocycles. The van der Waals surface area contributed by atoms with Gasteiger partial charge in [0.2, 0.25) is 0 Å². The predicted octanol–water partition coefficient (Wildman–Crippen LogP) is -0.655. The Morgan fingerprint density at radius 1 is 1.62 bits per heavy atom. The average molecular weight is 116 g/mol. The topological polar surface area (TPSA) is 53.6 Å². The molecular weight excluding hydrogens is 104 g/mol. The third-order valence-electron chi connectivity index (χ3n) is 0.579. The molecule has 0 aromatic heterocycles. The molecule has 0 aliphatic carbocycles. The number of hydrazine groups is 1. The summed E-state index contributed by atoms with van der Waals surface area (Å²) in [7, 11) is 3.74. The van der Waals surface area contributed by atoms with Crippen LogP contribution in [-0.2, 0) is 0 Å². The molecule has 4 heteroatoms. The highest BCUT2D eigenvalue weighted by Crippen LogP contribution is 1.65. The Hall–Kier alpha value is -0.770. The molecule has 0 bridgehead atoms. The third kappa shape index (κ3) is 3.42. The third-order valence-corrected chi connectivity index (χ3v) is 0.579. The van der Waals surface area contributed by atoms with E-state index in [-0.39, 0.29) is 0 Å². The lowest BCUT2D eigenvalue weighted by molar-refractivity contribution is 0.361. The first-order valence-electron chi connectivity index (χ1n) is 2.35. The summed E-state index contributed by atoms with van der Waals surface area (Å²) in [6.45, 7) is 1.79. The molecule has 8 heavy (non-hydrogen) atoms. The molecule has 0 radical (unpaired) electrons. The number of hydrogen-bond donors (Lipinski definition) is 2. The van der Waals surface area contributed by atoms with Crippen LogP contribution in [0.2, 0.25) is 0 Å². The number of nitrogens with one attached hydrogen (secondary N) is 1. The number of hydrogen-bond acceptors (Lipinski definition) is 3. The molecule has 0 rings (SSSR count). The molecule has 0 unspecified atom stereocenters. The van der Waals surface area contributed by atoms with E-state index in [0.29, 0.717) is 5.84 Å². The second-order valence-corrected chi connectivity index (χ2v) is 1.72. The first-order chi connectivity index (χ1) is 3.66. The van der Waals surface area contributed by atoms with Gasteiger partial charge in [-0.3, -0.25) is 0 Å². The van der Waals surface area contributed by atoms with Crippen molar-refractivity contribution in [2.24, 2.45) is 10.9 Å². The highest BCUT2D eigenvalue weighted by atomic mass is 15.5. The minimum atomic E-state index is 0.704. The number of rotatable bonds is 1. The highest BCUT2D eigenvalue weighted by molar-refractivity contribution is 5.78. The first kappa shape index (κ1) is 7.23. The fourth-order valence-electron chi connectivity index (χ4n) is 0.352. The molecule has 0 amide bonds. The molecule has 4 nitrogen and oxygen atoms in total. The molecule has 0 aliphatic heterocycles. The van der Waals surface area contributed by atoms with Crippen molar-refractivity contribution in [3.05, 3.63) is 0 Å². The van der Waals surface area contributed by atoms with E-state index in [1.165, 1.54) is 0 Å². The van der Waals surface area contributed by atoms with Gasteiger partial charge in [0.05, 0.1) is 0 Å². The standard InChI is InChI=1S/C4H12N4/c1-4(6-5)7-8(2)3/h5H2,1-3H3,(H,6,7). The zero-order valence-electron chi connectivity index (χ0n) is 5.47. The summed E-state index contributed by atoms with van der Waals surface area (Å²) in [5.41, 5.74) is 2.85. The Labute approximate surface area is 49.3 Å². The van der Waals surface area contributed by atoms with Crippen molar-refractivity contribution in [2.75, 3.05) is 14.1 Å². The second-order valence-electron chi connectivity index (χ2n) is 1.72. The molecule has 0 spiro atoms. The van der Waals surface area contributed by atoms with Crippen LogP contribution in [0.1, 0.15) is 6.92 Å². The summed E-state index contributed by atoms with van der Waals surface area (Å²) in [5, 5.41) is 5.16. The van der Waals surface area contributed by atoms with Gasteiger partial charge in [-0.2, -0.15) is 5.10 Å². The van der Waals surface area contributed by atoms with Gasteiger partial charge >= 0.3 is 0 Å². The Balaban J connectivity index is 3.39. The quantitative estimate of drug-likeness (QED) is 0.207. The van der Waals surface area contributed by atoms with Crippen LogP contribution in [0.3, 0.4) is 0 Å². The number of amidine groups is 1. The lowest BCUT2D eigenvalue weighted by Crippen LogP contribution is -2.34. The van der Waals surface area contributed by atoms with Crippen molar-refractivity contribution in [2.45, 2.75) is 6.92 Å².